The monoisotopic (exact) mass is 738 g/mol. The van der Waals surface area contributed by atoms with Gasteiger partial charge in [0.2, 0.25) is 0 Å². The number of guanidine groups is 1. The van der Waals surface area contributed by atoms with Crippen LogP contribution in [0.15, 0.2) is 63.8 Å². The first-order chi connectivity index (χ1) is 24.4. The molecule has 0 bridgehead atoms. The molecular weight excluding hydrogens is 697 g/mol. The molecule has 1 unspecified atom stereocenters. The van der Waals surface area contributed by atoms with E-state index in [1.165, 1.54) is 6.33 Å². The van der Waals surface area contributed by atoms with Crippen molar-refractivity contribution in [3.05, 3.63) is 70.5 Å². The van der Waals surface area contributed by atoms with Crippen molar-refractivity contribution in [1.82, 2.24) is 20.1 Å². The van der Waals surface area contributed by atoms with Gasteiger partial charge < -0.3 is 10.5 Å². The molecule has 1 aliphatic carbocycles. The maximum atomic E-state index is 14.9. The summed E-state index contributed by atoms with van der Waals surface area (Å²) in [5.74, 6) is -0.861. The lowest BCUT2D eigenvalue weighted by atomic mass is 9.74. The normalized spacial score (nSPS) is 21.4. The van der Waals surface area contributed by atoms with Gasteiger partial charge in [0, 0.05) is 23.3 Å². The van der Waals surface area contributed by atoms with E-state index in [1.54, 1.807) is 48.7 Å². The molecule has 0 spiro atoms. The molecule has 0 radical (unpaired) electrons. The summed E-state index contributed by atoms with van der Waals surface area (Å²) >= 11 is 6.53. The number of benzene rings is 2. The molecule has 15 heteroatoms. The summed E-state index contributed by atoms with van der Waals surface area (Å²) < 4.78 is 49.5. The number of carbonyl (C=O) groups is 2. The van der Waals surface area contributed by atoms with E-state index in [0.717, 1.165) is 31.6 Å². The van der Waals surface area contributed by atoms with Crippen LogP contribution in [0.2, 0.25) is 5.02 Å². The Morgan fingerprint density at radius 3 is 2.46 bits per heavy atom. The highest BCUT2D eigenvalue weighted by Gasteiger charge is 2.59. The second kappa shape index (κ2) is 13.8. The largest absolute Gasteiger partial charge is 0.463 e. The minimum Gasteiger partial charge on any atom is -0.463 e. The average molecular weight is 739 g/mol. The summed E-state index contributed by atoms with van der Waals surface area (Å²) in [5, 5.41) is 6.97. The van der Waals surface area contributed by atoms with Crippen molar-refractivity contribution in [3.8, 4) is 11.4 Å². The van der Waals surface area contributed by atoms with Crippen molar-refractivity contribution in [2.24, 2.45) is 37.5 Å². The minimum atomic E-state index is -4.69. The van der Waals surface area contributed by atoms with Crippen LogP contribution >= 0.6 is 11.6 Å². The van der Waals surface area contributed by atoms with Gasteiger partial charge in [0.15, 0.2) is 17.3 Å². The number of rotatable bonds is 13. The predicted molar refractivity (Wildman–Crippen MR) is 192 cm³/mol. The van der Waals surface area contributed by atoms with Crippen LogP contribution in [0.25, 0.3) is 11.4 Å². The van der Waals surface area contributed by atoms with E-state index in [-0.39, 0.29) is 36.1 Å². The zero-order chi connectivity index (χ0) is 37.6. The quantitative estimate of drug-likeness (QED) is 0.177. The number of nitrogens with one attached hydrogen (secondary N) is 1. The smallest absolute Gasteiger partial charge is 0.394 e. The van der Waals surface area contributed by atoms with Crippen LogP contribution in [0, 0.1) is 16.7 Å². The first kappa shape index (κ1) is 37.2. The molecule has 2 aromatic carbocycles. The summed E-state index contributed by atoms with van der Waals surface area (Å²) in [6.07, 6.45) is 0.409. The predicted octanol–water partition coefficient (Wildman–Crippen LogP) is 7.18. The third kappa shape index (κ3) is 7.35. The van der Waals surface area contributed by atoms with Crippen molar-refractivity contribution >= 4 is 41.4 Å². The van der Waals surface area contributed by atoms with Crippen LogP contribution in [0.1, 0.15) is 89.5 Å². The molecule has 52 heavy (non-hydrogen) atoms. The molecule has 0 saturated heterocycles. The fourth-order valence-electron chi connectivity index (χ4n) is 6.42. The number of aromatic nitrogens is 3. The van der Waals surface area contributed by atoms with Crippen LogP contribution in [0.5, 0.6) is 0 Å². The SMILES string of the molecule is CCC(C)(C)CC(=O)OC[C@H](c1ccc(Cl)c(-c2ncn[nH]2)c1)N1C(=O)[C@@](CC(C)(C)C(F)(F)F)(c2ccc(C3=NC(C4CC4)N=C3)cc2)N=C1N. The summed E-state index contributed by atoms with van der Waals surface area (Å²) in [4.78, 5) is 47.2. The molecule has 3 aromatic rings. The van der Waals surface area contributed by atoms with Crippen LogP contribution in [-0.2, 0) is 19.9 Å². The Labute approximate surface area is 305 Å². The number of nitrogens with zero attached hydrogens (tertiary/aromatic N) is 6. The number of alkyl halides is 3. The van der Waals surface area contributed by atoms with E-state index < -0.39 is 41.5 Å². The molecule has 1 fully saturated rings. The lowest BCUT2D eigenvalue weighted by Crippen LogP contribution is -2.49. The first-order valence-electron chi connectivity index (χ1n) is 17.2. The van der Waals surface area contributed by atoms with Crippen LogP contribution < -0.4 is 5.73 Å². The minimum absolute atomic E-state index is 0.102. The zero-order valence-corrected chi connectivity index (χ0v) is 30.4. The van der Waals surface area contributed by atoms with Gasteiger partial charge in [-0.1, -0.05) is 83.0 Å². The molecule has 3 N–H and O–H groups in total. The summed E-state index contributed by atoms with van der Waals surface area (Å²) in [7, 11) is 0. The summed E-state index contributed by atoms with van der Waals surface area (Å²) in [5.41, 5.74) is 4.22. The number of halogens is 4. The van der Waals surface area contributed by atoms with Gasteiger partial charge in [-0.2, -0.15) is 18.3 Å². The van der Waals surface area contributed by atoms with Gasteiger partial charge in [0.25, 0.3) is 5.91 Å². The van der Waals surface area contributed by atoms with E-state index in [4.69, 9.17) is 27.1 Å². The van der Waals surface area contributed by atoms with Gasteiger partial charge in [-0.25, -0.2) is 9.98 Å². The number of H-pyrrole nitrogens is 1. The number of aliphatic imine (C=N–C) groups is 3. The highest BCUT2D eigenvalue weighted by Crippen LogP contribution is 2.51. The number of hydrogen-bond donors (Lipinski definition) is 2. The second-order valence-electron chi connectivity index (χ2n) is 15.2. The number of ether oxygens (including phenoxy) is 1. The third-order valence-electron chi connectivity index (χ3n) is 10.3. The molecule has 6 rings (SSSR count). The molecule has 3 aliphatic rings. The number of aromatic amines is 1. The van der Waals surface area contributed by atoms with Gasteiger partial charge in [-0.15, -0.1) is 0 Å². The van der Waals surface area contributed by atoms with Crippen molar-refractivity contribution in [1.29, 1.82) is 0 Å². The van der Waals surface area contributed by atoms with Gasteiger partial charge in [0.1, 0.15) is 19.1 Å². The third-order valence-corrected chi connectivity index (χ3v) is 10.6. The van der Waals surface area contributed by atoms with E-state index in [0.29, 0.717) is 45.6 Å². The second-order valence-corrected chi connectivity index (χ2v) is 15.6. The molecule has 1 amide bonds. The average Bonchev–Trinajstić information content (AvgIpc) is 3.45. The Hall–Kier alpha value is -4.59. The molecule has 1 aromatic heterocycles. The van der Waals surface area contributed by atoms with E-state index in [9.17, 15) is 22.8 Å². The number of nitrogens with two attached hydrogens (primary N) is 1. The Morgan fingerprint density at radius 1 is 1.13 bits per heavy atom. The topological polar surface area (TPSA) is 151 Å². The lowest BCUT2D eigenvalue weighted by molar-refractivity contribution is -0.218. The highest BCUT2D eigenvalue weighted by atomic mass is 35.5. The van der Waals surface area contributed by atoms with E-state index in [1.807, 2.05) is 20.8 Å². The number of esters is 1. The van der Waals surface area contributed by atoms with Crippen LogP contribution in [-0.4, -0.2) is 68.8 Å². The van der Waals surface area contributed by atoms with Crippen LogP contribution in [0.3, 0.4) is 0 Å². The maximum Gasteiger partial charge on any atom is 0.394 e. The molecule has 2 aliphatic heterocycles. The Bertz CT molecular complexity index is 1920. The molecule has 276 valence electrons. The van der Waals surface area contributed by atoms with Crippen molar-refractivity contribution < 1.29 is 27.5 Å². The zero-order valence-electron chi connectivity index (χ0n) is 29.7. The highest BCUT2D eigenvalue weighted by molar-refractivity contribution is 6.39. The van der Waals surface area contributed by atoms with Gasteiger partial charge in [0.05, 0.1) is 28.6 Å². The molecule has 3 heterocycles. The van der Waals surface area contributed by atoms with Crippen molar-refractivity contribution in [2.75, 3.05) is 6.61 Å². The molecule has 11 nitrogen and oxygen atoms in total. The first-order valence-corrected chi connectivity index (χ1v) is 17.6. The Kier molecular flexibility index (Phi) is 9.83. The standard InChI is InChI=1S/C37H42ClF3N8O3/c1-6-34(2,3)16-29(50)52-18-28(23-11-14-26(38)25(15-23)31-44-20-45-48-31)49-32(51)36(47-33(49)42,19-35(4,5)37(39,40)41)24-12-9-21(10-13-24)27-17-43-30(46-27)22-7-8-22/h9-15,17,20,22,28,30H,6-8,16,18-19H2,1-5H3,(H2,42,47)(H,44,45,48)/t28-,30?,36-/m1/s1. The summed E-state index contributed by atoms with van der Waals surface area (Å²) in [6, 6.07) is 10.4. The van der Waals surface area contributed by atoms with Gasteiger partial charge in [-0.05, 0) is 47.9 Å². The molecule has 3 atom stereocenters. The fraction of sp³-hybridized carbons (Fsp3) is 0.486. The van der Waals surface area contributed by atoms with Crippen LogP contribution in [0.4, 0.5) is 13.2 Å². The molecular formula is C37H42ClF3N8O3. The summed E-state index contributed by atoms with van der Waals surface area (Å²) in [6.45, 7) is 7.53. The number of carbonyl (C=O) groups excluding carboxylic acids is 2. The number of hydrogen-bond acceptors (Lipinski definition) is 9. The van der Waals surface area contributed by atoms with E-state index in [2.05, 4.69) is 25.2 Å². The maximum absolute atomic E-state index is 14.9. The fourth-order valence-corrected chi connectivity index (χ4v) is 6.62. The Morgan fingerprint density at radius 2 is 1.85 bits per heavy atom. The molecule has 1 saturated carbocycles. The van der Waals surface area contributed by atoms with E-state index >= 15 is 0 Å². The van der Waals surface area contributed by atoms with Gasteiger partial charge >= 0.3 is 12.1 Å². The van der Waals surface area contributed by atoms with Crippen molar-refractivity contribution in [2.45, 2.75) is 90.6 Å². The number of amides is 1. The Balaban J connectivity index is 1.41. The van der Waals surface area contributed by atoms with Gasteiger partial charge in [-0.3, -0.25) is 29.6 Å². The van der Waals surface area contributed by atoms with Crippen molar-refractivity contribution in [3.63, 3.8) is 0 Å². The lowest BCUT2D eigenvalue weighted by Gasteiger charge is -2.37.